The molecule has 0 spiro atoms. The van der Waals surface area contributed by atoms with Crippen molar-refractivity contribution in [2.75, 3.05) is 38.2 Å². The van der Waals surface area contributed by atoms with Gasteiger partial charge in [-0.15, -0.1) is 0 Å². The Hall–Kier alpha value is -2.22. The summed E-state index contributed by atoms with van der Waals surface area (Å²) in [6.45, 7) is 9.76. The lowest BCUT2D eigenvalue weighted by Crippen LogP contribution is -2.38. The molecule has 28 heavy (non-hydrogen) atoms. The first-order valence-electron chi connectivity index (χ1n) is 9.91. The average Bonchev–Trinajstić information content (AvgIpc) is 2.93. The van der Waals surface area contributed by atoms with E-state index in [4.69, 9.17) is 4.74 Å². The Labute approximate surface area is 167 Å². The van der Waals surface area contributed by atoms with E-state index in [1.807, 2.05) is 36.9 Å². The van der Waals surface area contributed by atoms with E-state index in [-0.39, 0.29) is 5.91 Å². The van der Waals surface area contributed by atoms with Crippen molar-refractivity contribution in [1.82, 2.24) is 20.0 Å². The van der Waals surface area contributed by atoms with Crippen LogP contribution in [0.5, 0.6) is 0 Å². The maximum absolute atomic E-state index is 12.2. The monoisotopic (exact) mass is 385 g/mol. The van der Waals surface area contributed by atoms with Crippen molar-refractivity contribution in [3.8, 4) is 0 Å². The number of aryl methyl sites for hydroxylation is 2. The molecule has 2 N–H and O–H groups in total. The van der Waals surface area contributed by atoms with Crippen molar-refractivity contribution in [2.45, 2.75) is 33.4 Å². The first kappa shape index (κ1) is 20.5. The zero-order valence-corrected chi connectivity index (χ0v) is 17.1. The van der Waals surface area contributed by atoms with Crippen LogP contribution in [0, 0.1) is 13.8 Å². The number of ether oxygens (including phenoxy) is 1. The summed E-state index contributed by atoms with van der Waals surface area (Å²) < 4.78 is 7.25. The Balaban J connectivity index is 1.46. The maximum Gasteiger partial charge on any atom is 0.225 e. The van der Waals surface area contributed by atoms with Gasteiger partial charge in [-0.05, 0) is 31.5 Å². The lowest BCUT2D eigenvalue weighted by Gasteiger charge is -2.26. The Morgan fingerprint density at radius 1 is 1.21 bits per heavy atom. The first-order valence-corrected chi connectivity index (χ1v) is 9.91. The molecule has 1 aromatic heterocycles. The van der Waals surface area contributed by atoms with Gasteiger partial charge in [0.1, 0.15) is 0 Å². The molecule has 3 rings (SSSR count). The van der Waals surface area contributed by atoms with Crippen LogP contribution in [0.4, 0.5) is 5.69 Å². The quantitative estimate of drug-likeness (QED) is 0.727. The maximum atomic E-state index is 12.2. The van der Waals surface area contributed by atoms with Gasteiger partial charge in [-0.1, -0.05) is 12.1 Å². The van der Waals surface area contributed by atoms with Crippen LogP contribution in [-0.4, -0.2) is 53.4 Å². The second kappa shape index (κ2) is 9.82. The fourth-order valence-corrected chi connectivity index (χ4v) is 3.47. The van der Waals surface area contributed by atoms with Crippen LogP contribution in [0.3, 0.4) is 0 Å². The summed E-state index contributed by atoms with van der Waals surface area (Å²) in [6.07, 6.45) is 0.502. The van der Waals surface area contributed by atoms with Gasteiger partial charge in [0, 0.05) is 63.1 Å². The molecule has 1 amide bonds. The van der Waals surface area contributed by atoms with Gasteiger partial charge in [0.05, 0.1) is 18.9 Å². The molecule has 7 nitrogen and oxygen atoms in total. The highest BCUT2D eigenvalue weighted by Gasteiger charge is 2.12. The minimum absolute atomic E-state index is 0.0539. The Morgan fingerprint density at radius 3 is 2.71 bits per heavy atom. The molecule has 1 aliphatic heterocycles. The Morgan fingerprint density at radius 2 is 2.00 bits per heavy atom. The Bertz CT molecular complexity index is 796. The number of carbonyl (C=O) groups excluding carboxylic acids is 1. The highest BCUT2D eigenvalue weighted by atomic mass is 16.5. The van der Waals surface area contributed by atoms with Crippen LogP contribution >= 0.6 is 0 Å². The minimum atomic E-state index is 0.0539. The molecule has 7 heteroatoms. The number of benzene rings is 1. The van der Waals surface area contributed by atoms with Gasteiger partial charge in [0.15, 0.2) is 0 Å². The number of aromatic nitrogens is 2. The number of morpholine rings is 1. The zero-order chi connectivity index (χ0) is 19.9. The largest absolute Gasteiger partial charge is 0.379 e. The molecule has 2 heterocycles. The van der Waals surface area contributed by atoms with Gasteiger partial charge in [-0.2, -0.15) is 5.10 Å². The number of amides is 1. The van der Waals surface area contributed by atoms with E-state index in [9.17, 15) is 4.79 Å². The summed E-state index contributed by atoms with van der Waals surface area (Å²) in [4.78, 5) is 14.5. The number of nitrogens with zero attached hydrogens (tertiary/aromatic N) is 3. The molecular weight excluding hydrogens is 354 g/mol. The second-order valence-electron chi connectivity index (χ2n) is 7.33. The lowest BCUT2D eigenvalue weighted by atomic mass is 10.1. The van der Waals surface area contributed by atoms with Gasteiger partial charge in [0.25, 0.3) is 0 Å². The van der Waals surface area contributed by atoms with Crippen LogP contribution in [-0.2, 0) is 29.7 Å². The van der Waals surface area contributed by atoms with Crippen molar-refractivity contribution < 1.29 is 9.53 Å². The summed E-state index contributed by atoms with van der Waals surface area (Å²) >= 11 is 0. The highest BCUT2D eigenvalue weighted by molar-refractivity contribution is 5.90. The van der Waals surface area contributed by atoms with Gasteiger partial charge in [-0.25, -0.2) is 0 Å². The van der Waals surface area contributed by atoms with Crippen molar-refractivity contribution >= 4 is 11.6 Å². The second-order valence-corrected chi connectivity index (χ2v) is 7.33. The highest BCUT2D eigenvalue weighted by Crippen LogP contribution is 2.14. The number of nitrogens with one attached hydrogen (secondary N) is 2. The molecule has 0 bridgehead atoms. The van der Waals surface area contributed by atoms with Gasteiger partial charge in [-0.3, -0.25) is 14.4 Å². The van der Waals surface area contributed by atoms with Gasteiger partial charge < -0.3 is 15.4 Å². The van der Waals surface area contributed by atoms with E-state index in [0.29, 0.717) is 6.42 Å². The van der Waals surface area contributed by atoms with E-state index < -0.39 is 0 Å². The molecule has 0 unspecified atom stereocenters. The summed E-state index contributed by atoms with van der Waals surface area (Å²) in [5.41, 5.74) is 5.49. The number of hydrogen-bond acceptors (Lipinski definition) is 5. The number of hydrogen-bond donors (Lipinski definition) is 2. The van der Waals surface area contributed by atoms with E-state index in [1.54, 1.807) is 0 Å². The van der Waals surface area contributed by atoms with Crippen LogP contribution in [0.25, 0.3) is 0 Å². The number of anilines is 1. The lowest BCUT2D eigenvalue weighted by molar-refractivity contribution is -0.116. The molecule has 152 valence electrons. The van der Waals surface area contributed by atoms with Crippen LogP contribution in [0.2, 0.25) is 0 Å². The SMILES string of the molecule is Cc1nn(C)c(C)c1CNCc1cccc(NC(=O)CCN2CCOCC2)c1. The number of carbonyl (C=O) groups is 1. The van der Waals surface area contributed by atoms with Crippen LogP contribution < -0.4 is 10.6 Å². The van der Waals surface area contributed by atoms with E-state index >= 15 is 0 Å². The van der Waals surface area contributed by atoms with Crippen molar-refractivity contribution in [3.63, 3.8) is 0 Å². The standard InChI is InChI=1S/C21H31N5O2/c1-16-20(17(2)25(3)24-16)15-22-14-18-5-4-6-19(13-18)23-21(27)7-8-26-9-11-28-12-10-26/h4-6,13,22H,7-12,14-15H2,1-3H3,(H,23,27). The summed E-state index contributed by atoms with van der Waals surface area (Å²) in [6, 6.07) is 8.02. The van der Waals surface area contributed by atoms with Gasteiger partial charge >= 0.3 is 0 Å². The molecular formula is C21H31N5O2. The normalized spacial score (nSPS) is 15.0. The first-order chi connectivity index (χ1) is 13.5. The summed E-state index contributed by atoms with van der Waals surface area (Å²) in [7, 11) is 1.97. The average molecular weight is 386 g/mol. The van der Waals surface area contributed by atoms with Crippen LogP contribution in [0.1, 0.15) is 28.9 Å². The molecule has 2 aromatic rings. The third kappa shape index (κ3) is 5.64. The Kier molecular flexibility index (Phi) is 7.19. The van der Waals surface area contributed by atoms with E-state index in [2.05, 4.69) is 33.6 Å². The zero-order valence-electron chi connectivity index (χ0n) is 17.1. The summed E-state index contributed by atoms with van der Waals surface area (Å²) in [5.74, 6) is 0.0539. The summed E-state index contributed by atoms with van der Waals surface area (Å²) in [5, 5.41) is 10.9. The fraction of sp³-hybridized carbons (Fsp3) is 0.524. The molecule has 0 saturated carbocycles. The number of rotatable bonds is 8. The minimum Gasteiger partial charge on any atom is -0.379 e. The predicted molar refractivity (Wildman–Crippen MR) is 110 cm³/mol. The molecule has 0 aliphatic carbocycles. The third-order valence-corrected chi connectivity index (χ3v) is 5.26. The fourth-order valence-electron chi connectivity index (χ4n) is 3.47. The third-order valence-electron chi connectivity index (χ3n) is 5.26. The van der Waals surface area contributed by atoms with E-state index in [0.717, 1.165) is 62.9 Å². The van der Waals surface area contributed by atoms with Crippen molar-refractivity contribution in [1.29, 1.82) is 0 Å². The predicted octanol–water partition coefficient (Wildman–Crippen LogP) is 1.99. The van der Waals surface area contributed by atoms with Crippen molar-refractivity contribution in [3.05, 3.63) is 46.8 Å². The molecule has 1 saturated heterocycles. The molecule has 1 aromatic carbocycles. The van der Waals surface area contributed by atoms with Gasteiger partial charge in [0.2, 0.25) is 5.91 Å². The topological polar surface area (TPSA) is 71.4 Å². The molecule has 1 fully saturated rings. The molecule has 0 radical (unpaired) electrons. The molecule has 1 aliphatic rings. The van der Waals surface area contributed by atoms with Crippen LogP contribution in [0.15, 0.2) is 24.3 Å². The smallest absolute Gasteiger partial charge is 0.225 e. The van der Waals surface area contributed by atoms with E-state index in [1.165, 1.54) is 11.3 Å². The molecule has 0 atom stereocenters. The van der Waals surface area contributed by atoms with Crippen molar-refractivity contribution in [2.24, 2.45) is 7.05 Å².